The minimum Gasteiger partial charge on any atom is -0.492 e. The van der Waals surface area contributed by atoms with E-state index in [9.17, 15) is 0 Å². The number of aromatic nitrogens is 3. The number of nitrogens with one attached hydrogen (secondary N) is 1. The van der Waals surface area contributed by atoms with Crippen molar-refractivity contribution in [3.05, 3.63) is 53.3 Å². The van der Waals surface area contributed by atoms with E-state index < -0.39 is 0 Å². The normalized spacial score (nSPS) is 11.1. The molecule has 0 unspecified atom stereocenters. The summed E-state index contributed by atoms with van der Waals surface area (Å²) in [4.78, 5) is 4.60. The molecule has 0 bridgehead atoms. The van der Waals surface area contributed by atoms with Crippen LogP contribution in [0.5, 0.6) is 5.75 Å². The van der Waals surface area contributed by atoms with Gasteiger partial charge in [0.25, 0.3) is 0 Å². The highest BCUT2D eigenvalue weighted by molar-refractivity contribution is 6.30. The maximum absolute atomic E-state index is 5.85. The summed E-state index contributed by atoms with van der Waals surface area (Å²) < 4.78 is 7.49. The van der Waals surface area contributed by atoms with E-state index in [2.05, 4.69) is 29.2 Å². The van der Waals surface area contributed by atoms with Gasteiger partial charge in [0.1, 0.15) is 18.2 Å². The van der Waals surface area contributed by atoms with Crippen molar-refractivity contribution in [2.24, 2.45) is 0 Å². The van der Waals surface area contributed by atoms with Crippen molar-refractivity contribution < 1.29 is 4.74 Å². The van der Waals surface area contributed by atoms with E-state index in [-0.39, 0.29) is 0 Å². The topological polar surface area (TPSA) is 51.5 Å². The van der Waals surface area contributed by atoms with Crippen molar-refractivity contribution in [3.63, 3.8) is 0 Å². The van der Waals surface area contributed by atoms with Crippen LogP contribution in [0.1, 0.15) is 25.5 Å². The lowest BCUT2D eigenvalue weighted by atomic mass is 10.1. The number of fused-ring (bicyclic) bond motifs is 1. The molecular formula is C17H19ClN4O. The van der Waals surface area contributed by atoms with Gasteiger partial charge in [-0.3, -0.25) is 0 Å². The molecule has 0 aliphatic heterocycles. The Morgan fingerprint density at radius 1 is 1.22 bits per heavy atom. The molecule has 0 aliphatic rings. The lowest BCUT2D eigenvalue weighted by Crippen LogP contribution is -2.15. The Hall–Kier alpha value is -2.27. The highest BCUT2D eigenvalue weighted by atomic mass is 35.5. The van der Waals surface area contributed by atoms with Gasteiger partial charge in [0.05, 0.1) is 12.7 Å². The van der Waals surface area contributed by atoms with Crippen molar-refractivity contribution in [1.82, 2.24) is 14.6 Å². The molecule has 5 nitrogen and oxygen atoms in total. The van der Waals surface area contributed by atoms with Crippen LogP contribution in [0.25, 0.3) is 5.65 Å². The first kappa shape index (κ1) is 15.6. The average Bonchev–Trinajstić information content (AvgIpc) is 3.01. The molecule has 2 aromatic heterocycles. The standard InChI is InChI=1S/C17H19ClN4O/c1-12(2)15-11-17(22-16(21-15)7-8-20-22)19-9-10-23-14-5-3-13(18)4-6-14/h3-8,11-12,19H,9-10H2,1-2H3. The number of ether oxygens (including phenoxy) is 1. The van der Waals surface area contributed by atoms with E-state index >= 15 is 0 Å². The molecule has 3 rings (SSSR count). The quantitative estimate of drug-likeness (QED) is 0.694. The number of nitrogens with zero attached hydrogens (tertiary/aromatic N) is 3. The summed E-state index contributed by atoms with van der Waals surface area (Å²) in [6.07, 6.45) is 1.75. The lowest BCUT2D eigenvalue weighted by molar-refractivity contribution is 0.332. The fraction of sp³-hybridized carbons (Fsp3) is 0.294. The van der Waals surface area contributed by atoms with Crippen LogP contribution in [0.4, 0.5) is 5.82 Å². The zero-order valence-electron chi connectivity index (χ0n) is 13.2. The van der Waals surface area contributed by atoms with Crippen LogP contribution in [0, 0.1) is 0 Å². The highest BCUT2D eigenvalue weighted by Gasteiger charge is 2.08. The van der Waals surface area contributed by atoms with E-state index in [1.54, 1.807) is 10.7 Å². The summed E-state index contributed by atoms with van der Waals surface area (Å²) in [5.74, 6) is 2.09. The van der Waals surface area contributed by atoms with Gasteiger partial charge in [0.15, 0.2) is 5.65 Å². The van der Waals surface area contributed by atoms with Gasteiger partial charge in [0, 0.05) is 22.8 Å². The van der Waals surface area contributed by atoms with E-state index in [0.29, 0.717) is 24.1 Å². The van der Waals surface area contributed by atoms with E-state index in [1.807, 2.05) is 36.4 Å². The Balaban J connectivity index is 1.64. The Kier molecular flexibility index (Phi) is 4.67. The summed E-state index contributed by atoms with van der Waals surface area (Å²) in [5.41, 5.74) is 1.89. The Morgan fingerprint density at radius 3 is 2.74 bits per heavy atom. The molecule has 0 fully saturated rings. The second-order valence-corrected chi connectivity index (χ2v) is 5.99. The van der Waals surface area contributed by atoms with Crippen molar-refractivity contribution in [2.75, 3.05) is 18.5 Å². The number of hydrogen-bond acceptors (Lipinski definition) is 4. The van der Waals surface area contributed by atoms with Crippen molar-refractivity contribution >= 4 is 23.1 Å². The largest absolute Gasteiger partial charge is 0.492 e. The fourth-order valence-electron chi connectivity index (χ4n) is 2.23. The van der Waals surface area contributed by atoms with E-state index in [0.717, 1.165) is 22.9 Å². The first-order chi connectivity index (χ1) is 11.1. The van der Waals surface area contributed by atoms with Gasteiger partial charge in [-0.05, 0) is 30.2 Å². The number of benzene rings is 1. The smallest absolute Gasteiger partial charge is 0.157 e. The molecule has 0 saturated carbocycles. The van der Waals surface area contributed by atoms with Gasteiger partial charge in [-0.2, -0.15) is 9.61 Å². The summed E-state index contributed by atoms with van der Waals surface area (Å²) in [5, 5.41) is 8.37. The number of rotatable bonds is 6. The molecule has 1 aromatic carbocycles. The molecule has 0 atom stereocenters. The van der Waals surface area contributed by atoms with Gasteiger partial charge >= 0.3 is 0 Å². The number of anilines is 1. The predicted molar refractivity (Wildman–Crippen MR) is 92.5 cm³/mol. The van der Waals surface area contributed by atoms with Crippen LogP contribution in [-0.2, 0) is 0 Å². The van der Waals surface area contributed by atoms with Gasteiger partial charge in [-0.15, -0.1) is 0 Å². The zero-order chi connectivity index (χ0) is 16.2. The minimum absolute atomic E-state index is 0.362. The molecule has 0 radical (unpaired) electrons. The molecule has 2 heterocycles. The molecule has 6 heteroatoms. The molecule has 3 aromatic rings. The fourth-order valence-corrected chi connectivity index (χ4v) is 2.36. The van der Waals surface area contributed by atoms with Crippen LogP contribution in [0.2, 0.25) is 5.02 Å². The molecule has 0 amide bonds. The molecule has 0 saturated heterocycles. The molecule has 0 spiro atoms. The second kappa shape index (κ2) is 6.87. The van der Waals surface area contributed by atoms with Crippen LogP contribution in [-0.4, -0.2) is 27.7 Å². The summed E-state index contributed by atoms with van der Waals surface area (Å²) in [7, 11) is 0. The Morgan fingerprint density at radius 2 is 2.00 bits per heavy atom. The maximum Gasteiger partial charge on any atom is 0.157 e. The van der Waals surface area contributed by atoms with Gasteiger partial charge in [-0.25, -0.2) is 4.98 Å². The van der Waals surface area contributed by atoms with Crippen LogP contribution < -0.4 is 10.1 Å². The zero-order valence-corrected chi connectivity index (χ0v) is 13.9. The molecule has 120 valence electrons. The van der Waals surface area contributed by atoms with Crippen molar-refractivity contribution in [1.29, 1.82) is 0 Å². The maximum atomic E-state index is 5.85. The summed E-state index contributed by atoms with van der Waals surface area (Å²) >= 11 is 5.85. The predicted octanol–water partition coefficient (Wildman–Crippen LogP) is 4.00. The highest BCUT2D eigenvalue weighted by Crippen LogP contribution is 2.19. The third kappa shape index (κ3) is 3.74. The SMILES string of the molecule is CC(C)c1cc(NCCOc2ccc(Cl)cc2)n2nccc2n1. The molecular weight excluding hydrogens is 312 g/mol. The first-order valence-corrected chi connectivity index (χ1v) is 7.98. The van der Waals surface area contributed by atoms with Crippen molar-refractivity contribution in [3.8, 4) is 5.75 Å². The monoisotopic (exact) mass is 330 g/mol. The number of hydrogen-bond donors (Lipinski definition) is 1. The minimum atomic E-state index is 0.362. The van der Waals surface area contributed by atoms with E-state index in [1.165, 1.54) is 0 Å². The van der Waals surface area contributed by atoms with Crippen LogP contribution in [0.15, 0.2) is 42.6 Å². The van der Waals surface area contributed by atoms with Gasteiger partial charge in [-0.1, -0.05) is 25.4 Å². The van der Waals surface area contributed by atoms with Crippen LogP contribution in [0.3, 0.4) is 0 Å². The molecule has 23 heavy (non-hydrogen) atoms. The summed E-state index contributed by atoms with van der Waals surface area (Å²) in [6, 6.07) is 11.3. The summed E-state index contributed by atoms with van der Waals surface area (Å²) in [6.45, 7) is 5.47. The van der Waals surface area contributed by atoms with Crippen LogP contribution >= 0.6 is 11.6 Å². The Labute approximate surface area is 140 Å². The average molecular weight is 331 g/mol. The molecule has 1 N–H and O–H groups in total. The molecule has 0 aliphatic carbocycles. The third-order valence-electron chi connectivity index (χ3n) is 3.46. The third-order valence-corrected chi connectivity index (χ3v) is 3.71. The van der Waals surface area contributed by atoms with E-state index in [4.69, 9.17) is 16.3 Å². The van der Waals surface area contributed by atoms with Gasteiger partial charge < -0.3 is 10.1 Å². The van der Waals surface area contributed by atoms with Crippen molar-refractivity contribution in [2.45, 2.75) is 19.8 Å². The first-order valence-electron chi connectivity index (χ1n) is 7.60. The lowest BCUT2D eigenvalue weighted by Gasteiger charge is -2.12. The second-order valence-electron chi connectivity index (χ2n) is 5.55. The Bertz CT molecular complexity index is 783. The number of halogens is 1. The van der Waals surface area contributed by atoms with Gasteiger partial charge in [0.2, 0.25) is 0 Å².